The summed E-state index contributed by atoms with van der Waals surface area (Å²) in [5.41, 5.74) is 3.27. The van der Waals surface area contributed by atoms with E-state index in [2.05, 4.69) is 15.5 Å². The predicted octanol–water partition coefficient (Wildman–Crippen LogP) is 2.34. The van der Waals surface area contributed by atoms with Crippen LogP contribution in [0.2, 0.25) is 0 Å². The number of nitrogens with one attached hydrogen (secondary N) is 2. The summed E-state index contributed by atoms with van der Waals surface area (Å²) >= 11 is 1.56. The van der Waals surface area contributed by atoms with Gasteiger partial charge in [-0.3, -0.25) is 9.59 Å². The first-order valence-electron chi connectivity index (χ1n) is 8.67. The maximum absolute atomic E-state index is 12.1. The van der Waals surface area contributed by atoms with Crippen molar-refractivity contribution in [2.45, 2.75) is 18.4 Å². The lowest BCUT2D eigenvalue weighted by Gasteiger charge is -2.28. The van der Waals surface area contributed by atoms with E-state index < -0.39 is 0 Å². The highest BCUT2D eigenvalue weighted by Crippen LogP contribution is 2.21. The molecule has 0 spiro atoms. The number of piperazine rings is 1. The van der Waals surface area contributed by atoms with E-state index >= 15 is 0 Å². The number of aryl methyl sites for hydroxylation is 1. The molecule has 0 aliphatic carbocycles. The van der Waals surface area contributed by atoms with Crippen LogP contribution in [0.1, 0.15) is 11.1 Å². The molecule has 0 unspecified atom stereocenters. The number of rotatable bonds is 6. The minimum Gasteiger partial charge on any atom is -0.360 e. The Kier molecular flexibility index (Phi) is 6.17. The summed E-state index contributed by atoms with van der Waals surface area (Å²) in [6, 6.07) is 16.1. The van der Waals surface area contributed by atoms with Crippen molar-refractivity contribution in [2.24, 2.45) is 0 Å². The van der Waals surface area contributed by atoms with Crippen molar-refractivity contribution in [3.05, 3.63) is 59.7 Å². The first-order valence-corrected chi connectivity index (χ1v) is 9.66. The number of thioether (sulfide) groups is 1. The molecule has 3 rings (SSSR count). The topological polar surface area (TPSA) is 61.4 Å². The van der Waals surface area contributed by atoms with Crippen LogP contribution < -0.4 is 15.5 Å². The van der Waals surface area contributed by atoms with Crippen LogP contribution in [0.4, 0.5) is 5.69 Å². The molecule has 0 radical (unpaired) electrons. The first kappa shape index (κ1) is 18.3. The third-order valence-corrected chi connectivity index (χ3v) is 5.46. The van der Waals surface area contributed by atoms with Gasteiger partial charge in [-0.1, -0.05) is 30.3 Å². The Hall–Kier alpha value is -2.47. The maximum atomic E-state index is 12.1. The third-order valence-electron chi connectivity index (χ3n) is 4.28. The number of hydrogen-bond donors (Lipinski definition) is 2. The molecule has 0 atom stereocenters. The zero-order valence-electron chi connectivity index (χ0n) is 14.8. The normalized spacial score (nSPS) is 14.0. The summed E-state index contributed by atoms with van der Waals surface area (Å²) in [6.07, 6.45) is 0. The molecule has 2 amide bonds. The van der Waals surface area contributed by atoms with E-state index in [1.807, 2.05) is 55.5 Å². The molecule has 136 valence electrons. The molecule has 6 heteroatoms. The fraction of sp³-hybridized carbons (Fsp3) is 0.300. The van der Waals surface area contributed by atoms with Gasteiger partial charge in [0.2, 0.25) is 11.8 Å². The van der Waals surface area contributed by atoms with Crippen LogP contribution in [-0.2, 0) is 16.1 Å². The molecular formula is C20H23N3O2S. The molecule has 2 aromatic rings. The quantitative estimate of drug-likeness (QED) is 0.768. The van der Waals surface area contributed by atoms with Gasteiger partial charge in [0.05, 0.1) is 12.3 Å². The summed E-state index contributed by atoms with van der Waals surface area (Å²) in [5, 5.41) is 5.78. The second kappa shape index (κ2) is 8.76. The van der Waals surface area contributed by atoms with Crippen molar-refractivity contribution in [1.82, 2.24) is 10.6 Å². The molecule has 1 heterocycles. The molecule has 1 fully saturated rings. The molecule has 0 saturated carbocycles. The van der Waals surface area contributed by atoms with Gasteiger partial charge in [0, 0.05) is 30.2 Å². The standard InChI is InChI=1S/C20H23N3O2S/c1-15-4-2-3-5-18(15)26-14-20(25)22-12-16-6-8-17(9-7-16)23-11-10-21-19(24)13-23/h2-9H,10-14H2,1H3,(H,21,24)(H,22,25). The van der Waals surface area contributed by atoms with E-state index in [0.29, 0.717) is 25.4 Å². The van der Waals surface area contributed by atoms with Gasteiger partial charge >= 0.3 is 0 Å². The van der Waals surface area contributed by atoms with Crippen molar-refractivity contribution >= 4 is 29.3 Å². The number of benzene rings is 2. The minimum absolute atomic E-state index is 0.0232. The Balaban J connectivity index is 1.46. The molecule has 0 aromatic heterocycles. The fourth-order valence-electron chi connectivity index (χ4n) is 2.80. The molecule has 0 bridgehead atoms. The molecule has 2 aromatic carbocycles. The maximum Gasteiger partial charge on any atom is 0.239 e. The molecule has 1 aliphatic heterocycles. The number of amides is 2. The monoisotopic (exact) mass is 369 g/mol. The second-order valence-corrected chi connectivity index (χ2v) is 7.29. The highest BCUT2D eigenvalue weighted by molar-refractivity contribution is 8.00. The van der Waals surface area contributed by atoms with Crippen LogP contribution in [-0.4, -0.2) is 37.2 Å². The van der Waals surface area contributed by atoms with Gasteiger partial charge in [0.15, 0.2) is 0 Å². The molecule has 1 aliphatic rings. The van der Waals surface area contributed by atoms with Gasteiger partial charge in [0.25, 0.3) is 0 Å². The molecule has 26 heavy (non-hydrogen) atoms. The summed E-state index contributed by atoms with van der Waals surface area (Å²) in [5.74, 6) is 0.486. The van der Waals surface area contributed by atoms with E-state index in [-0.39, 0.29) is 11.8 Å². The number of carbonyl (C=O) groups is 2. The SMILES string of the molecule is Cc1ccccc1SCC(=O)NCc1ccc(N2CCNC(=O)C2)cc1. The second-order valence-electron chi connectivity index (χ2n) is 6.27. The van der Waals surface area contributed by atoms with E-state index in [4.69, 9.17) is 0 Å². The zero-order valence-corrected chi connectivity index (χ0v) is 15.6. The lowest BCUT2D eigenvalue weighted by Crippen LogP contribution is -2.47. The van der Waals surface area contributed by atoms with Crippen molar-refractivity contribution in [1.29, 1.82) is 0 Å². The average Bonchev–Trinajstić information content (AvgIpc) is 2.66. The molecule has 5 nitrogen and oxygen atoms in total. The Morgan fingerprint density at radius 3 is 2.69 bits per heavy atom. The fourth-order valence-corrected chi connectivity index (χ4v) is 3.66. The summed E-state index contributed by atoms with van der Waals surface area (Å²) < 4.78 is 0. The van der Waals surface area contributed by atoms with Crippen molar-refractivity contribution in [3.63, 3.8) is 0 Å². The Bertz CT molecular complexity index is 777. The lowest BCUT2D eigenvalue weighted by molar-refractivity contribution is -0.120. The molecule has 2 N–H and O–H groups in total. The van der Waals surface area contributed by atoms with Crippen LogP contribution in [0, 0.1) is 6.92 Å². The number of carbonyl (C=O) groups excluding carboxylic acids is 2. The van der Waals surface area contributed by atoms with Crippen LogP contribution in [0.3, 0.4) is 0 Å². The van der Waals surface area contributed by atoms with Gasteiger partial charge in [-0.05, 0) is 36.2 Å². The number of anilines is 1. The first-order chi connectivity index (χ1) is 12.6. The van der Waals surface area contributed by atoms with Crippen molar-refractivity contribution < 1.29 is 9.59 Å². The van der Waals surface area contributed by atoms with E-state index in [0.717, 1.165) is 22.7 Å². The van der Waals surface area contributed by atoms with Crippen molar-refractivity contribution in [3.8, 4) is 0 Å². The average molecular weight is 369 g/mol. The van der Waals surface area contributed by atoms with Gasteiger partial charge in [0.1, 0.15) is 0 Å². The summed E-state index contributed by atoms with van der Waals surface area (Å²) in [7, 11) is 0. The van der Waals surface area contributed by atoms with Crippen LogP contribution in [0.25, 0.3) is 0 Å². The largest absolute Gasteiger partial charge is 0.360 e. The summed E-state index contributed by atoms with van der Waals surface area (Å²) in [6.45, 7) is 4.45. The summed E-state index contributed by atoms with van der Waals surface area (Å²) in [4.78, 5) is 26.7. The third kappa shape index (κ3) is 5.02. The van der Waals surface area contributed by atoms with Crippen LogP contribution in [0.5, 0.6) is 0 Å². The van der Waals surface area contributed by atoms with E-state index in [1.165, 1.54) is 5.56 Å². The molecular weight excluding hydrogens is 346 g/mol. The Morgan fingerprint density at radius 2 is 1.96 bits per heavy atom. The van der Waals surface area contributed by atoms with E-state index in [9.17, 15) is 9.59 Å². The van der Waals surface area contributed by atoms with Gasteiger partial charge in [-0.2, -0.15) is 0 Å². The predicted molar refractivity (Wildman–Crippen MR) is 105 cm³/mol. The highest BCUT2D eigenvalue weighted by atomic mass is 32.2. The van der Waals surface area contributed by atoms with Gasteiger partial charge in [-0.25, -0.2) is 0 Å². The van der Waals surface area contributed by atoms with Gasteiger partial charge < -0.3 is 15.5 Å². The highest BCUT2D eigenvalue weighted by Gasteiger charge is 2.16. The number of hydrogen-bond acceptors (Lipinski definition) is 4. The Morgan fingerprint density at radius 1 is 1.19 bits per heavy atom. The smallest absolute Gasteiger partial charge is 0.239 e. The Labute approximate surface area is 158 Å². The number of nitrogens with zero attached hydrogens (tertiary/aromatic N) is 1. The molecule has 1 saturated heterocycles. The van der Waals surface area contributed by atoms with Gasteiger partial charge in [-0.15, -0.1) is 11.8 Å². The zero-order chi connectivity index (χ0) is 18.4. The van der Waals surface area contributed by atoms with Crippen molar-refractivity contribution in [2.75, 3.05) is 30.3 Å². The van der Waals surface area contributed by atoms with Crippen LogP contribution >= 0.6 is 11.8 Å². The minimum atomic E-state index is 0.0232. The van der Waals surface area contributed by atoms with E-state index in [1.54, 1.807) is 11.8 Å². The lowest BCUT2D eigenvalue weighted by atomic mass is 10.2. The van der Waals surface area contributed by atoms with Crippen LogP contribution in [0.15, 0.2) is 53.4 Å².